The fourth-order valence-corrected chi connectivity index (χ4v) is 3.49. The summed E-state index contributed by atoms with van der Waals surface area (Å²) in [5.41, 5.74) is 1.08. The molecule has 0 saturated carbocycles. The molecule has 7 nitrogen and oxygen atoms in total. The maximum Gasteiger partial charge on any atom is 0.332 e. The minimum absolute atomic E-state index is 0.0837. The number of hydrogen-bond acceptors (Lipinski definition) is 4. The lowest BCUT2D eigenvalue weighted by Crippen LogP contribution is -2.38. The predicted molar refractivity (Wildman–Crippen MR) is 125 cm³/mol. The number of aryl methyl sites for hydroxylation is 1. The van der Waals surface area contributed by atoms with Gasteiger partial charge >= 0.3 is 5.69 Å². The van der Waals surface area contributed by atoms with Crippen molar-refractivity contribution in [3.8, 4) is 0 Å². The van der Waals surface area contributed by atoms with Gasteiger partial charge in [-0.1, -0.05) is 72.8 Å². The third-order valence-electron chi connectivity index (χ3n) is 5.18. The first kappa shape index (κ1) is 21.0. The molecule has 7 heteroatoms. The van der Waals surface area contributed by atoms with E-state index in [2.05, 4.69) is 4.98 Å². The van der Waals surface area contributed by atoms with Crippen LogP contribution in [0.2, 0.25) is 0 Å². The molecular formula is C25H22N4O3. The molecule has 0 fully saturated rings. The Morgan fingerprint density at radius 3 is 2.09 bits per heavy atom. The van der Waals surface area contributed by atoms with Gasteiger partial charge in [0.05, 0.1) is 0 Å². The highest BCUT2D eigenvalue weighted by atomic mass is 16.2. The van der Waals surface area contributed by atoms with Gasteiger partial charge in [0.1, 0.15) is 5.82 Å². The van der Waals surface area contributed by atoms with Crippen molar-refractivity contribution in [3.63, 3.8) is 0 Å². The van der Waals surface area contributed by atoms with Crippen LogP contribution in [-0.2, 0) is 20.5 Å². The number of rotatable bonds is 5. The average Bonchev–Trinajstić information content (AvgIpc) is 3.21. The Morgan fingerprint density at radius 1 is 0.875 bits per heavy atom. The summed E-state index contributed by atoms with van der Waals surface area (Å²) in [5.74, 6) is -0.0246. The lowest BCUT2D eigenvalue weighted by molar-refractivity contribution is 0.0971. The highest BCUT2D eigenvalue weighted by molar-refractivity contribution is 5.99. The molecule has 0 aliphatic heterocycles. The summed E-state index contributed by atoms with van der Waals surface area (Å²) in [4.78, 5) is 42.9. The molecule has 0 saturated heterocycles. The molecule has 0 bridgehead atoms. The number of fused-ring (bicyclic) bond motifs is 1. The van der Waals surface area contributed by atoms with Crippen molar-refractivity contribution >= 4 is 29.2 Å². The Kier molecular flexibility index (Phi) is 5.81. The van der Waals surface area contributed by atoms with Gasteiger partial charge in [0.15, 0.2) is 11.2 Å². The Bertz CT molecular complexity index is 1460. The summed E-state index contributed by atoms with van der Waals surface area (Å²) >= 11 is 0. The standard InChI is InChI=1S/C25H22N4O3/c1-27-23-22(24(31)28(2)25(27)32)29(21(30)17-16-19-12-7-4-8-13-19)20(26-23)15-9-14-18-10-5-3-6-11-18/h3-14,16-17H,15H2,1-2H3/b14-9+,17-16+. The molecule has 160 valence electrons. The molecule has 4 rings (SSSR count). The Labute approximate surface area is 184 Å². The summed E-state index contributed by atoms with van der Waals surface area (Å²) in [7, 11) is 2.93. The topological polar surface area (TPSA) is 78.9 Å². The summed E-state index contributed by atoms with van der Waals surface area (Å²) in [6.45, 7) is 0. The van der Waals surface area contributed by atoms with Gasteiger partial charge in [-0.3, -0.25) is 23.3 Å². The SMILES string of the molecule is Cn1c(=O)c2c(nc(C/C=C/c3ccccc3)n2C(=O)/C=C/c2ccccc2)n(C)c1=O. The Hall–Kier alpha value is -4.26. The summed E-state index contributed by atoms with van der Waals surface area (Å²) in [6, 6.07) is 19.1. The van der Waals surface area contributed by atoms with E-state index in [4.69, 9.17) is 0 Å². The molecule has 0 radical (unpaired) electrons. The van der Waals surface area contributed by atoms with Crippen LogP contribution in [0.3, 0.4) is 0 Å². The lowest BCUT2D eigenvalue weighted by atomic mass is 10.2. The first-order valence-electron chi connectivity index (χ1n) is 10.1. The highest BCUT2D eigenvalue weighted by Crippen LogP contribution is 2.14. The molecule has 0 spiro atoms. The van der Waals surface area contributed by atoms with Crippen LogP contribution in [0.25, 0.3) is 23.3 Å². The van der Waals surface area contributed by atoms with Crippen molar-refractivity contribution in [1.29, 1.82) is 0 Å². The van der Waals surface area contributed by atoms with E-state index in [1.165, 1.54) is 29.3 Å². The van der Waals surface area contributed by atoms with Crippen LogP contribution >= 0.6 is 0 Å². The van der Waals surface area contributed by atoms with Crippen molar-refractivity contribution in [2.24, 2.45) is 14.1 Å². The van der Waals surface area contributed by atoms with Crippen molar-refractivity contribution in [1.82, 2.24) is 18.7 Å². The summed E-state index contributed by atoms with van der Waals surface area (Å²) < 4.78 is 3.57. The molecule has 2 aromatic heterocycles. The van der Waals surface area contributed by atoms with Crippen LogP contribution in [0, 0.1) is 0 Å². The fraction of sp³-hybridized carbons (Fsp3) is 0.120. The normalized spacial score (nSPS) is 11.7. The monoisotopic (exact) mass is 426 g/mol. The second-order valence-corrected chi connectivity index (χ2v) is 7.34. The number of allylic oxidation sites excluding steroid dienone is 2. The number of aromatic nitrogens is 4. The molecule has 0 atom stereocenters. The number of benzene rings is 2. The molecule has 0 N–H and O–H groups in total. The Morgan fingerprint density at radius 2 is 1.47 bits per heavy atom. The van der Waals surface area contributed by atoms with Gasteiger partial charge in [0, 0.05) is 26.6 Å². The molecule has 0 unspecified atom stereocenters. The van der Waals surface area contributed by atoms with Crippen LogP contribution in [0.4, 0.5) is 0 Å². The average molecular weight is 426 g/mol. The molecule has 0 aliphatic rings. The van der Waals surface area contributed by atoms with E-state index in [9.17, 15) is 14.4 Å². The third kappa shape index (κ3) is 4.00. The van der Waals surface area contributed by atoms with Crippen LogP contribution in [-0.4, -0.2) is 24.6 Å². The smallest absolute Gasteiger partial charge is 0.279 e. The maximum absolute atomic E-state index is 13.2. The van der Waals surface area contributed by atoms with E-state index in [0.717, 1.165) is 15.7 Å². The zero-order valence-electron chi connectivity index (χ0n) is 17.8. The van der Waals surface area contributed by atoms with Crippen LogP contribution in [0.15, 0.2) is 82.4 Å². The first-order valence-corrected chi connectivity index (χ1v) is 10.1. The molecule has 4 aromatic rings. The van der Waals surface area contributed by atoms with Crippen molar-refractivity contribution in [2.75, 3.05) is 0 Å². The number of carbonyl (C=O) groups excluding carboxylic acids is 1. The quantitative estimate of drug-likeness (QED) is 0.460. The van der Waals surface area contributed by atoms with Crippen molar-refractivity contribution < 1.29 is 4.79 Å². The van der Waals surface area contributed by atoms with Crippen LogP contribution in [0.5, 0.6) is 0 Å². The number of imidazole rings is 1. The van der Waals surface area contributed by atoms with Crippen LogP contribution in [0.1, 0.15) is 21.7 Å². The summed E-state index contributed by atoms with van der Waals surface area (Å²) in [5, 5.41) is 0. The largest absolute Gasteiger partial charge is 0.332 e. The van der Waals surface area contributed by atoms with E-state index in [1.807, 2.05) is 72.8 Å². The predicted octanol–water partition coefficient (Wildman–Crippen LogP) is 3.04. The van der Waals surface area contributed by atoms with Gasteiger partial charge < -0.3 is 0 Å². The van der Waals surface area contributed by atoms with E-state index in [0.29, 0.717) is 12.2 Å². The molecular weight excluding hydrogens is 404 g/mol. The maximum atomic E-state index is 13.2. The Balaban J connectivity index is 1.82. The van der Waals surface area contributed by atoms with Gasteiger partial charge in [-0.2, -0.15) is 0 Å². The van der Waals surface area contributed by atoms with Crippen molar-refractivity contribution in [3.05, 3.63) is 111 Å². The van der Waals surface area contributed by atoms with Crippen LogP contribution < -0.4 is 11.2 Å². The van der Waals surface area contributed by atoms with Gasteiger partial charge in [-0.05, 0) is 17.2 Å². The highest BCUT2D eigenvalue weighted by Gasteiger charge is 2.21. The molecule has 2 heterocycles. The van der Waals surface area contributed by atoms with Gasteiger partial charge in [0.2, 0.25) is 0 Å². The number of carbonyl (C=O) groups is 1. The lowest BCUT2D eigenvalue weighted by Gasteiger charge is -2.05. The fourth-order valence-electron chi connectivity index (χ4n) is 3.49. The molecule has 32 heavy (non-hydrogen) atoms. The van der Waals surface area contributed by atoms with Crippen molar-refractivity contribution in [2.45, 2.75) is 6.42 Å². The van der Waals surface area contributed by atoms with E-state index >= 15 is 0 Å². The minimum atomic E-state index is -0.560. The second kappa shape index (κ2) is 8.85. The van der Waals surface area contributed by atoms with Gasteiger partial charge in [0.25, 0.3) is 11.5 Å². The minimum Gasteiger partial charge on any atom is -0.279 e. The second-order valence-electron chi connectivity index (χ2n) is 7.34. The van der Waals surface area contributed by atoms with Gasteiger partial charge in [-0.25, -0.2) is 9.78 Å². The zero-order chi connectivity index (χ0) is 22.7. The zero-order valence-corrected chi connectivity index (χ0v) is 17.8. The number of nitrogens with zero attached hydrogens (tertiary/aromatic N) is 4. The van der Waals surface area contributed by atoms with E-state index < -0.39 is 17.2 Å². The molecule has 2 aromatic carbocycles. The van der Waals surface area contributed by atoms with E-state index in [1.54, 1.807) is 6.08 Å². The van der Waals surface area contributed by atoms with Gasteiger partial charge in [-0.15, -0.1) is 0 Å². The third-order valence-corrected chi connectivity index (χ3v) is 5.18. The first-order chi connectivity index (χ1) is 15.5. The molecule has 0 aliphatic carbocycles. The molecule has 0 amide bonds. The van der Waals surface area contributed by atoms with E-state index in [-0.39, 0.29) is 11.2 Å². The summed E-state index contributed by atoms with van der Waals surface area (Å²) in [6.07, 6.45) is 7.20. The number of hydrogen-bond donors (Lipinski definition) is 0.